The Labute approximate surface area is 168 Å². The van der Waals surface area contributed by atoms with Crippen LogP contribution < -0.4 is 4.74 Å². The number of ether oxygens (including phenoxy) is 1. The molecule has 0 radical (unpaired) electrons. The van der Waals surface area contributed by atoms with Crippen molar-refractivity contribution in [1.82, 2.24) is 9.80 Å². The quantitative estimate of drug-likeness (QED) is 0.783. The SMILES string of the molecule is COc1ccc(CN2CCC3(CCC(=O)N3Cc3cccc(C)c3)CC2)cc1. The number of likely N-dealkylation sites (tertiary alicyclic amines) is 2. The van der Waals surface area contributed by atoms with Gasteiger partial charge in [0.2, 0.25) is 5.91 Å². The molecule has 4 rings (SSSR count). The van der Waals surface area contributed by atoms with Crippen LogP contribution in [0, 0.1) is 6.92 Å². The Morgan fingerprint density at radius 1 is 0.964 bits per heavy atom. The van der Waals surface area contributed by atoms with Crippen molar-refractivity contribution in [2.75, 3.05) is 20.2 Å². The molecule has 0 unspecified atom stereocenters. The Morgan fingerprint density at radius 2 is 1.71 bits per heavy atom. The van der Waals surface area contributed by atoms with E-state index in [9.17, 15) is 4.79 Å². The first-order valence-corrected chi connectivity index (χ1v) is 10.3. The monoisotopic (exact) mass is 378 g/mol. The van der Waals surface area contributed by atoms with Gasteiger partial charge in [-0.2, -0.15) is 0 Å². The minimum absolute atomic E-state index is 0.0528. The van der Waals surface area contributed by atoms with Crippen molar-refractivity contribution in [3.8, 4) is 5.75 Å². The fourth-order valence-corrected chi connectivity index (χ4v) is 4.76. The van der Waals surface area contributed by atoms with Crippen molar-refractivity contribution in [2.45, 2.75) is 51.2 Å². The molecule has 1 amide bonds. The molecule has 2 aromatic rings. The summed E-state index contributed by atoms with van der Waals surface area (Å²) < 4.78 is 5.25. The van der Waals surface area contributed by atoms with Crippen LogP contribution in [0.3, 0.4) is 0 Å². The Hall–Kier alpha value is -2.33. The molecular weight excluding hydrogens is 348 g/mol. The van der Waals surface area contributed by atoms with Crippen LogP contribution in [0.2, 0.25) is 0 Å². The first-order valence-electron chi connectivity index (χ1n) is 10.3. The largest absolute Gasteiger partial charge is 0.497 e. The predicted octanol–water partition coefficient (Wildman–Crippen LogP) is 4.16. The second-order valence-corrected chi connectivity index (χ2v) is 8.32. The van der Waals surface area contributed by atoms with Crippen molar-refractivity contribution < 1.29 is 9.53 Å². The lowest BCUT2D eigenvalue weighted by Gasteiger charge is -2.45. The van der Waals surface area contributed by atoms with Crippen molar-refractivity contribution in [1.29, 1.82) is 0 Å². The van der Waals surface area contributed by atoms with Crippen LogP contribution in [0.15, 0.2) is 48.5 Å². The molecule has 1 spiro atoms. The number of carbonyl (C=O) groups excluding carboxylic acids is 1. The molecule has 2 saturated heterocycles. The van der Waals surface area contributed by atoms with E-state index in [1.165, 1.54) is 16.7 Å². The van der Waals surface area contributed by atoms with E-state index >= 15 is 0 Å². The van der Waals surface area contributed by atoms with E-state index in [1.54, 1.807) is 7.11 Å². The molecule has 148 valence electrons. The fourth-order valence-electron chi connectivity index (χ4n) is 4.76. The summed E-state index contributed by atoms with van der Waals surface area (Å²) in [5.41, 5.74) is 3.87. The summed E-state index contributed by atoms with van der Waals surface area (Å²) in [6.07, 6.45) is 3.85. The van der Waals surface area contributed by atoms with Crippen LogP contribution in [0.4, 0.5) is 0 Å². The topological polar surface area (TPSA) is 32.8 Å². The summed E-state index contributed by atoms with van der Waals surface area (Å²) in [6.45, 7) is 5.92. The molecule has 0 atom stereocenters. The average molecular weight is 379 g/mol. The molecule has 4 nitrogen and oxygen atoms in total. The molecule has 0 saturated carbocycles. The number of aryl methyl sites for hydroxylation is 1. The lowest BCUT2D eigenvalue weighted by molar-refractivity contribution is -0.133. The molecule has 0 aromatic heterocycles. The minimum Gasteiger partial charge on any atom is -0.497 e. The molecule has 28 heavy (non-hydrogen) atoms. The summed E-state index contributed by atoms with van der Waals surface area (Å²) in [6, 6.07) is 16.9. The van der Waals surface area contributed by atoms with Gasteiger partial charge < -0.3 is 9.64 Å². The second-order valence-electron chi connectivity index (χ2n) is 8.32. The molecule has 2 fully saturated rings. The Balaban J connectivity index is 1.40. The highest BCUT2D eigenvalue weighted by Crippen LogP contribution is 2.40. The summed E-state index contributed by atoms with van der Waals surface area (Å²) in [5.74, 6) is 1.22. The lowest BCUT2D eigenvalue weighted by atomic mass is 9.84. The maximum Gasteiger partial charge on any atom is 0.223 e. The Morgan fingerprint density at radius 3 is 2.39 bits per heavy atom. The number of rotatable bonds is 5. The van der Waals surface area contributed by atoms with Gasteiger partial charge >= 0.3 is 0 Å². The summed E-state index contributed by atoms with van der Waals surface area (Å²) in [4.78, 5) is 17.4. The molecule has 2 aromatic carbocycles. The van der Waals surface area contributed by atoms with Crippen molar-refractivity contribution in [3.63, 3.8) is 0 Å². The lowest BCUT2D eigenvalue weighted by Crippen LogP contribution is -2.52. The van der Waals surface area contributed by atoms with Gasteiger partial charge in [-0.25, -0.2) is 0 Å². The number of piperidine rings is 1. The van der Waals surface area contributed by atoms with E-state index in [-0.39, 0.29) is 5.54 Å². The molecule has 0 bridgehead atoms. The van der Waals surface area contributed by atoms with Gasteiger partial charge in [0.05, 0.1) is 7.11 Å². The van der Waals surface area contributed by atoms with Gasteiger partial charge in [0.1, 0.15) is 5.75 Å². The van der Waals surface area contributed by atoms with Crippen LogP contribution >= 0.6 is 0 Å². The van der Waals surface area contributed by atoms with Gasteiger partial charge in [-0.3, -0.25) is 9.69 Å². The van der Waals surface area contributed by atoms with Crippen LogP contribution in [-0.4, -0.2) is 41.4 Å². The van der Waals surface area contributed by atoms with Crippen molar-refractivity contribution in [3.05, 3.63) is 65.2 Å². The van der Waals surface area contributed by atoms with E-state index in [4.69, 9.17) is 4.74 Å². The van der Waals surface area contributed by atoms with Gasteiger partial charge in [0, 0.05) is 38.1 Å². The highest BCUT2D eigenvalue weighted by atomic mass is 16.5. The average Bonchev–Trinajstić information content (AvgIpc) is 3.00. The molecular formula is C24H30N2O2. The van der Waals surface area contributed by atoms with Crippen molar-refractivity contribution in [2.24, 2.45) is 0 Å². The first kappa shape index (κ1) is 19.0. The number of carbonyl (C=O) groups is 1. The standard InChI is InChI=1S/C24H30N2O2/c1-19-4-3-5-21(16-19)18-26-23(27)10-11-24(26)12-14-25(15-13-24)17-20-6-8-22(28-2)9-7-20/h3-9,16H,10-15,17-18H2,1-2H3. The van der Waals surface area contributed by atoms with Gasteiger partial charge in [0.15, 0.2) is 0 Å². The van der Waals surface area contributed by atoms with Crippen LogP contribution in [-0.2, 0) is 17.9 Å². The minimum atomic E-state index is 0.0528. The van der Waals surface area contributed by atoms with Gasteiger partial charge in [0.25, 0.3) is 0 Å². The maximum atomic E-state index is 12.7. The van der Waals surface area contributed by atoms with Gasteiger partial charge in [-0.05, 0) is 49.4 Å². The summed E-state index contributed by atoms with van der Waals surface area (Å²) in [7, 11) is 1.70. The zero-order chi connectivity index (χ0) is 19.6. The molecule has 2 aliphatic heterocycles. The van der Waals surface area contributed by atoms with Crippen LogP contribution in [0.5, 0.6) is 5.75 Å². The number of amides is 1. The van der Waals surface area contributed by atoms with E-state index in [0.717, 1.165) is 51.2 Å². The zero-order valence-electron chi connectivity index (χ0n) is 17.0. The van der Waals surface area contributed by atoms with Crippen molar-refractivity contribution >= 4 is 5.91 Å². The number of benzene rings is 2. The normalized spacial score (nSPS) is 19.4. The molecule has 4 heteroatoms. The van der Waals surface area contributed by atoms with E-state index in [0.29, 0.717) is 12.3 Å². The number of methoxy groups -OCH3 is 1. The summed E-state index contributed by atoms with van der Waals surface area (Å²) >= 11 is 0. The van der Waals surface area contributed by atoms with E-state index in [1.807, 2.05) is 12.1 Å². The van der Waals surface area contributed by atoms with Gasteiger partial charge in [-0.15, -0.1) is 0 Å². The van der Waals surface area contributed by atoms with Crippen LogP contribution in [0.1, 0.15) is 42.4 Å². The highest BCUT2D eigenvalue weighted by Gasteiger charge is 2.46. The fraction of sp³-hybridized carbons (Fsp3) is 0.458. The zero-order valence-corrected chi connectivity index (χ0v) is 17.0. The Kier molecular flexibility index (Phi) is 5.40. The third kappa shape index (κ3) is 3.93. The highest BCUT2D eigenvalue weighted by molar-refractivity contribution is 5.79. The second kappa shape index (κ2) is 7.96. The number of nitrogens with zero attached hydrogens (tertiary/aromatic N) is 2. The smallest absolute Gasteiger partial charge is 0.223 e. The van der Waals surface area contributed by atoms with Gasteiger partial charge in [-0.1, -0.05) is 42.0 Å². The molecule has 0 aliphatic carbocycles. The van der Waals surface area contributed by atoms with E-state index in [2.05, 4.69) is 53.1 Å². The Bertz CT molecular complexity index is 823. The predicted molar refractivity (Wildman–Crippen MR) is 111 cm³/mol. The number of hydrogen-bond donors (Lipinski definition) is 0. The summed E-state index contributed by atoms with van der Waals surface area (Å²) in [5, 5.41) is 0. The maximum absolute atomic E-state index is 12.7. The third-order valence-electron chi connectivity index (χ3n) is 6.45. The van der Waals surface area contributed by atoms with E-state index < -0.39 is 0 Å². The molecule has 2 heterocycles. The molecule has 0 N–H and O–H groups in total. The van der Waals surface area contributed by atoms with Crippen LogP contribution in [0.25, 0.3) is 0 Å². The first-order chi connectivity index (χ1) is 13.6. The molecule has 2 aliphatic rings. The number of hydrogen-bond acceptors (Lipinski definition) is 3. The third-order valence-corrected chi connectivity index (χ3v) is 6.45.